The number of anilines is 1. The Morgan fingerprint density at radius 3 is 2.28 bits per heavy atom. The molecule has 1 aromatic rings. The van der Waals surface area contributed by atoms with Gasteiger partial charge in [-0.3, -0.25) is 10.1 Å². The maximum atomic E-state index is 10.6. The lowest BCUT2D eigenvalue weighted by Gasteiger charge is -2.35. The van der Waals surface area contributed by atoms with Crippen molar-refractivity contribution in [3.05, 3.63) is 34.4 Å². The lowest BCUT2D eigenvalue weighted by molar-refractivity contribution is -0.384. The quantitative estimate of drug-likeness (QED) is 0.650. The molecule has 1 fully saturated rings. The Morgan fingerprint density at radius 1 is 1.22 bits per heavy atom. The summed E-state index contributed by atoms with van der Waals surface area (Å²) in [5, 5.41) is 14.0. The first-order valence-electron chi connectivity index (χ1n) is 6.47. The predicted octanol–water partition coefficient (Wildman–Crippen LogP) is 3.98. The predicted molar refractivity (Wildman–Crippen MR) is 72.8 cm³/mol. The van der Waals surface area contributed by atoms with E-state index in [1.807, 2.05) is 0 Å². The third-order valence-electron chi connectivity index (χ3n) is 3.79. The molecule has 0 bridgehead atoms. The van der Waals surface area contributed by atoms with Crippen LogP contribution in [0.5, 0.6) is 0 Å². The molecule has 2 rings (SSSR count). The van der Waals surface area contributed by atoms with Crippen LogP contribution in [0, 0.1) is 15.5 Å². The molecule has 1 aromatic carbocycles. The zero-order valence-electron chi connectivity index (χ0n) is 11.0. The molecule has 0 saturated heterocycles. The van der Waals surface area contributed by atoms with Gasteiger partial charge in [-0.2, -0.15) is 0 Å². The molecule has 0 aromatic heterocycles. The Labute approximate surface area is 108 Å². The van der Waals surface area contributed by atoms with Gasteiger partial charge in [-0.25, -0.2) is 0 Å². The fourth-order valence-corrected chi connectivity index (χ4v) is 2.46. The highest BCUT2D eigenvalue weighted by Crippen LogP contribution is 2.36. The van der Waals surface area contributed by atoms with Crippen LogP contribution in [0.15, 0.2) is 24.3 Å². The molecule has 0 heterocycles. The van der Waals surface area contributed by atoms with Gasteiger partial charge in [-0.05, 0) is 43.2 Å². The standard InChI is InChI=1S/C14H20N2O2/c1-14(2)9-7-12(8-10-14)15-11-3-5-13(6-4-11)16(17)18/h3-6,12,15H,7-10H2,1-2H3. The largest absolute Gasteiger partial charge is 0.382 e. The maximum Gasteiger partial charge on any atom is 0.269 e. The fourth-order valence-electron chi connectivity index (χ4n) is 2.46. The number of rotatable bonds is 3. The second-order valence-electron chi connectivity index (χ2n) is 5.89. The van der Waals surface area contributed by atoms with E-state index in [0.717, 1.165) is 5.69 Å². The summed E-state index contributed by atoms with van der Waals surface area (Å²) in [5.74, 6) is 0. The summed E-state index contributed by atoms with van der Waals surface area (Å²) in [6.07, 6.45) is 4.81. The number of nitrogens with one attached hydrogen (secondary N) is 1. The molecule has 98 valence electrons. The number of nitro benzene ring substituents is 1. The zero-order chi connectivity index (χ0) is 13.2. The molecule has 4 heteroatoms. The van der Waals surface area contributed by atoms with Gasteiger partial charge < -0.3 is 5.32 Å². The lowest BCUT2D eigenvalue weighted by atomic mass is 9.75. The number of nitro groups is 1. The molecular weight excluding hydrogens is 228 g/mol. The van der Waals surface area contributed by atoms with Gasteiger partial charge in [0, 0.05) is 23.9 Å². The van der Waals surface area contributed by atoms with Gasteiger partial charge in [0.25, 0.3) is 5.69 Å². The number of hydrogen-bond acceptors (Lipinski definition) is 3. The molecular formula is C14H20N2O2. The van der Waals surface area contributed by atoms with Gasteiger partial charge in [-0.15, -0.1) is 0 Å². The van der Waals surface area contributed by atoms with E-state index < -0.39 is 0 Å². The van der Waals surface area contributed by atoms with Crippen molar-refractivity contribution in [2.24, 2.45) is 5.41 Å². The third kappa shape index (κ3) is 3.22. The molecule has 0 aliphatic heterocycles. The first-order chi connectivity index (χ1) is 8.46. The Morgan fingerprint density at radius 2 is 1.78 bits per heavy atom. The number of non-ortho nitro benzene ring substituents is 1. The third-order valence-corrected chi connectivity index (χ3v) is 3.79. The number of nitrogens with zero attached hydrogens (tertiary/aromatic N) is 1. The molecule has 0 spiro atoms. The molecule has 1 aliphatic rings. The number of hydrogen-bond donors (Lipinski definition) is 1. The Balaban J connectivity index is 1.92. The van der Waals surface area contributed by atoms with Crippen molar-refractivity contribution in [1.82, 2.24) is 0 Å². The van der Waals surface area contributed by atoms with Crippen molar-refractivity contribution in [3.63, 3.8) is 0 Å². The van der Waals surface area contributed by atoms with Crippen molar-refractivity contribution in [2.75, 3.05) is 5.32 Å². The summed E-state index contributed by atoms with van der Waals surface area (Å²) in [4.78, 5) is 10.2. The van der Waals surface area contributed by atoms with Crippen LogP contribution in [0.1, 0.15) is 39.5 Å². The fraction of sp³-hybridized carbons (Fsp3) is 0.571. The minimum atomic E-state index is -0.368. The summed E-state index contributed by atoms with van der Waals surface area (Å²) in [5.41, 5.74) is 1.59. The molecule has 0 atom stereocenters. The van der Waals surface area contributed by atoms with E-state index in [1.165, 1.54) is 25.7 Å². The van der Waals surface area contributed by atoms with Crippen molar-refractivity contribution in [1.29, 1.82) is 0 Å². The molecule has 4 nitrogen and oxygen atoms in total. The topological polar surface area (TPSA) is 55.2 Å². The van der Waals surface area contributed by atoms with E-state index in [9.17, 15) is 10.1 Å². The smallest absolute Gasteiger partial charge is 0.269 e. The van der Waals surface area contributed by atoms with E-state index in [0.29, 0.717) is 11.5 Å². The van der Waals surface area contributed by atoms with Crippen LogP contribution < -0.4 is 5.32 Å². The van der Waals surface area contributed by atoms with Gasteiger partial charge in [0.15, 0.2) is 0 Å². The summed E-state index contributed by atoms with van der Waals surface area (Å²) >= 11 is 0. The summed E-state index contributed by atoms with van der Waals surface area (Å²) in [6, 6.07) is 7.18. The molecule has 1 N–H and O–H groups in total. The number of benzene rings is 1. The first kappa shape index (κ1) is 12.9. The van der Waals surface area contributed by atoms with Crippen LogP contribution in [-0.2, 0) is 0 Å². The van der Waals surface area contributed by atoms with Gasteiger partial charge >= 0.3 is 0 Å². The van der Waals surface area contributed by atoms with Crippen LogP contribution in [0.3, 0.4) is 0 Å². The van der Waals surface area contributed by atoms with E-state index in [4.69, 9.17) is 0 Å². The average Bonchev–Trinajstić information content (AvgIpc) is 2.33. The van der Waals surface area contributed by atoms with Crippen LogP contribution >= 0.6 is 0 Å². The maximum absolute atomic E-state index is 10.6. The minimum Gasteiger partial charge on any atom is -0.382 e. The van der Waals surface area contributed by atoms with Crippen LogP contribution in [0.2, 0.25) is 0 Å². The van der Waals surface area contributed by atoms with Gasteiger partial charge in [0.2, 0.25) is 0 Å². The van der Waals surface area contributed by atoms with Gasteiger partial charge in [-0.1, -0.05) is 13.8 Å². The molecule has 0 radical (unpaired) electrons. The molecule has 0 unspecified atom stereocenters. The Bertz CT molecular complexity index is 416. The highest BCUT2D eigenvalue weighted by molar-refractivity contribution is 5.49. The highest BCUT2D eigenvalue weighted by atomic mass is 16.6. The normalized spacial score (nSPS) is 19.4. The van der Waals surface area contributed by atoms with E-state index >= 15 is 0 Å². The molecule has 1 saturated carbocycles. The second kappa shape index (κ2) is 4.96. The van der Waals surface area contributed by atoms with Crippen molar-refractivity contribution >= 4 is 11.4 Å². The van der Waals surface area contributed by atoms with E-state index in [1.54, 1.807) is 24.3 Å². The summed E-state index contributed by atoms with van der Waals surface area (Å²) in [6.45, 7) is 4.63. The average molecular weight is 248 g/mol. The molecule has 18 heavy (non-hydrogen) atoms. The Kier molecular flexibility index (Phi) is 3.55. The monoisotopic (exact) mass is 248 g/mol. The van der Waals surface area contributed by atoms with Crippen LogP contribution in [0.25, 0.3) is 0 Å². The van der Waals surface area contributed by atoms with Gasteiger partial charge in [0.05, 0.1) is 4.92 Å². The van der Waals surface area contributed by atoms with Gasteiger partial charge in [0.1, 0.15) is 0 Å². The molecule has 0 amide bonds. The summed E-state index contributed by atoms with van der Waals surface area (Å²) < 4.78 is 0. The minimum absolute atomic E-state index is 0.144. The Hall–Kier alpha value is -1.58. The van der Waals surface area contributed by atoms with Crippen molar-refractivity contribution < 1.29 is 4.92 Å². The van der Waals surface area contributed by atoms with Crippen LogP contribution in [0.4, 0.5) is 11.4 Å². The lowest BCUT2D eigenvalue weighted by Crippen LogP contribution is -2.29. The SMILES string of the molecule is CC1(C)CCC(Nc2ccc([N+](=O)[O-])cc2)CC1. The summed E-state index contributed by atoms with van der Waals surface area (Å²) in [7, 11) is 0. The van der Waals surface area contributed by atoms with Crippen LogP contribution in [-0.4, -0.2) is 11.0 Å². The zero-order valence-corrected chi connectivity index (χ0v) is 11.0. The highest BCUT2D eigenvalue weighted by Gasteiger charge is 2.26. The van der Waals surface area contributed by atoms with E-state index in [2.05, 4.69) is 19.2 Å². The van der Waals surface area contributed by atoms with Crippen molar-refractivity contribution in [3.8, 4) is 0 Å². The van der Waals surface area contributed by atoms with Crippen molar-refractivity contribution in [2.45, 2.75) is 45.6 Å². The van der Waals surface area contributed by atoms with E-state index in [-0.39, 0.29) is 10.6 Å². The second-order valence-corrected chi connectivity index (χ2v) is 5.89. The first-order valence-corrected chi connectivity index (χ1v) is 6.47. The molecule has 1 aliphatic carbocycles.